The van der Waals surface area contributed by atoms with Crippen LogP contribution in [0.4, 0.5) is 14.5 Å². The molecule has 1 N–H and O–H groups in total. The molecule has 0 aliphatic rings. The second-order valence-corrected chi connectivity index (χ2v) is 8.42. The van der Waals surface area contributed by atoms with Crippen molar-refractivity contribution in [3.63, 3.8) is 0 Å². The Morgan fingerprint density at radius 3 is 2.49 bits per heavy atom. The van der Waals surface area contributed by atoms with Crippen LogP contribution in [0.5, 0.6) is 5.88 Å². The summed E-state index contributed by atoms with van der Waals surface area (Å²) in [5.74, 6) is -2.12. The predicted molar refractivity (Wildman–Crippen MR) is 127 cm³/mol. The number of ether oxygens (including phenoxy) is 2. The van der Waals surface area contributed by atoms with Crippen LogP contribution in [-0.4, -0.2) is 27.5 Å². The van der Waals surface area contributed by atoms with Crippen molar-refractivity contribution in [2.45, 2.75) is 40.0 Å². The molecule has 0 radical (unpaired) electrons. The predicted octanol–water partition coefficient (Wildman–Crippen LogP) is 4.11. The van der Waals surface area contributed by atoms with Crippen molar-refractivity contribution in [3.05, 3.63) is 85.9 Å². The Balaban J connectivity index is 1.70. The van der Waals surface area contributed by atoms with Crippen molar-refractivity contribution >= 4 is 33.5 Å². The van der Waals surface area contributed by atoms with E-state index in [9.17, 15) is 23.2 Å². The van der Waals surface area contributed by atoms with E-state index in [1.54, 1.807) is 31.2 Å². The van der Waals surface area contributed by atoms with Gasteiger partial charge in [0.2, 0.25) is 5.88 Å². The van der Waals surface area contributed by atoms with Gasteiger partial charge >= 0.3 is 5.97 Å². The smallest absolute Gasteiger partial charge is 0.303 e. The number of hydrogen-bond donors (Lipinski definition) is 1. The Bertz CT molecular complexity index is 1310. The third-order valence-electron chi connectivity index (χ3n) is 4.93. The van der Waals surface area contributed by atoms with Crippen molar-refractivity contribution in [1.82, 2.24) is 9.55 Å². The van der Waals surface area contributed by atoms with E-state index in [0.29, 0.717) is 11.5 Å². The van der Waals surface area contributed by atoms with Gasteiger partial charge in [0.05, 0.1) is 6.54 Å². The Morgan fingerprint density at radius 1 is 1.17 bits per heavy atom. The number of anilines is 1. The summed E-state index contributed by atoms with van der Waals surface area (Å²) in [5.41, 5.74) is 0.978. The summed E-state index contributed by atoms with van der Waals surface area (Å²) in [6.07, 6.45) is -0.933. The van der Waals surface area contributed by atoms with Gasteiger partial charge in [0.25, 0.3) is 11.5 Å². The minimum Gasteiger partial charge on any atom is -0.472 e. The number of hydrogen-bond acceptors (Lipinski definition) is 6. The normalized spacial score (nSPS) is 11.6. The van der Waals surface area contributed by atoms with Crippen LogP contribution in [0, 0.1) is 18.6 Å². The summed E-state index contributed by atoms with van der Waals surface area (Å²) in [6.45, 7) is 4.28. The van der Waals surface area contributed by atoms with Crippen LogP contribution in [0.3, 0.4) is 0 Å². The molecule has 0 spiro atoms. The summed E-state index contributed by atoms with van der Waals surface area (Å²) >= 11 is 3.19. The van der Waals surface area contributed by atoms with Crippen LogP contribution in [0.1, 0.15) is 30.8 Å². The van der Waals surface area contributed by atoms with Gasteiger partial charge in [-0.2, -0.15) is 4.98 Å². The summed E-state index contributed by atoms with van der Waals surface area (Å²) in [7, 11) is 0. The molecule has 0 aliphatic carbocycles. The minimum absolute atomic E-state index is 0.00700. The second kappa shape index (κ2) is 11.2. The molecule has 8 nitrogen and oxygen atoms in total. The number of nitrogens with one attached hydrogen (secondary N) is 1. The first-order chi connectivity index (χ1) is 16.5. The number of aromatic nitrogens is 2. The van der Waals surface area contributed by atoms with Gasteiger partial charge in [0.1, 0.15) is 28.5 Å². The van der Waals surface area contributed by atoms with Gasteiger partial charge in [0, 0.05) is 24.2 Å². The highest BCUT2D eigenvalue weighted by atomic mass is 79.9. The van der Waals surface area contributed by atoms with E-state index in [4.69, 9.17) is 9.47 Å². The molecule has 0 saturated heterocycles. The number of nitrogens with zero attached hydrogens (tertiary/aromatic N) is 2. The van der Waals surface area contributed by atoms with Crippen LogP contribution in [0.15, 0.2) is 51.7 Å². The van der Waals surface area contributed by atoms with Crippen molar-refractivity contribution in [3.8, 4) is 5.88 Å². The summed E-state index contributed by atoms with van der Waals surface area (Å²) in [4.78, 5) is 40.2. The highest BCUT2D eigenvalue weighted by molar-refractivity contribution is 9.10. The molecule has 184 valence electrons. The monoisotopic (exact) mass is 549 g/mol. The molecule has 1 unspecified atom stereocenters. The van der Waals surface area contributed by atoms with Gasteiger partial charge in [-0.1, -0.05) is 12.1 Å². The van der Waals surface area contributed by atoms with E-state index < -0.39 is 35.2 Å². The molecule has 2 aromatic carbocycles. The molecule has 0 saturated carbocycles. The number of carbonyl (C=O) groups is 2. The molecule has 1 aromatic heterocycles. The number of esters is 1. The minimum atomic E-state index is -0.933. The zero-order chi connectivity index (χ0) is 25.7. The standard InChI is InChI=1S/C24H22BrF2N3O5/c1-13(35-15(3)31)22(32)29-19-8-4-16(5-9-19)11-30-14(2)28-23(21(25)24(30)33)34-12-17-6-7-18(26)10-20(17)27/h4-10,13H,11-12H2,1-3H3,(H,29,32). The molecule has 0 bridgehead atoms. The summed E-state index contributed by atoms with van der Waals surface area (Å²) in [6, 6.07) is 9.90. The Labute approximate surface area is 208 Å². The number of carbonyl (C=O) groups excluding carboxylic acids is 2. The molecule has 3 aromatic rings. The average molecular weight is 550 g/mol. The van der Waals surface area contributed by atoms with Crippen molar-refractivity contribution in [2.75, 3.05) is 5.32 Å². The third kappa shape index (κ3) is 6.72. The van der Waals surface area contributed by atoms with Crippen molar-refractivity contribution in [2.24, 2.45) is 0 Å². The first-order valence-corrected chi connectivity index (χ1v) is 11.2. The van der Waals surface area contributed by atoms with Gasteiger partial charge in [-0.05, 0) is 59.6 Å². The van der Waals surface area contributed by atoms with E-state index in [-0.39, 0.29) is 29.1 Å². The first-order valence-electron chi connectivity index (χ1n) is 10.5. The number of halogens is 3. The van der Waals surface area contributed by atoms with Gasteiger partial charge < -0.3 is 14.8 Å². The molecule has 1 heterocycles. The van der Waals surface area contributed by atoms with E-state index >= 15 is 0 Å². The zero-order valence-electron chi connectivity index (χ0n) is 19.1. The fourth-order valence-corrected chi connectivity index (χ4v) is 3.52. The van der Waals surface area contributed by atoms with Gasteiger partial charge in [0.15, 0.2) is 6.10 Å². The quantitative estimate of drug-likeness (QED) is 0.424. The van der Waals surface area contributed by atoms with Gasteiger partial charge in [-0.15, -0.1) is 0 Å². The molecule has 1 atom stereocenters. The molecule has 35 heavy (non-hydrogen) atoms. The average Bonchev–Trinajstić information content (AvgIpc) is 2.79. The fourth-order valence-electron chi connectivity index (χ4n) is 3.10. The topological polar surface area (TPSA) is 99.5 Å². The van der Waals surface area contributed by atoms with E-state index in [0.717, 1.165) is 17.7 Å². The fraction of sp³-hybridized carbons (Fsp3) is 0.250. The molecule has 11 heteroatoms. The lowest BCUT2D eigenvalue weighted by Gasteiger charge is -2.15. The van der Waals surface area contributed by atoms with Crippen LogP contribution in [0.25, 0.3) is 0 Å². The molecule has 1 amide bonds. The number of rotatable bonds is 8. The number of benzene rings is 2. The molecule has 3 rings (SSSR count). The Hall–Kier alpha value is -3.60. The lowest BCUT2D eigenvalue weighted by Crippen LogP contribution is -2.29. The Kier molecular flexibility index (Phi) is 8.34. The largest absolute Gasteiger partial charge is 0.472 e. The second-order valence-electron chi connectivity index (χ2n) is 7.63. The van der Waals surface area contributed by atoms with Crippen LogP contribution in [0.2, 0.25) is 0 Å². The zero-order valence-corrected chi connectivity index (χ0v) is 20.7. The lowest BCUT2D eigenvalue weighted by atomic mass is 10.2. The van der Waals surface area contributed by atoms with E-state index in [1.165, 1.54) is 24.5 Å². The SMILES string of the molecule is CC(=O)OC(C)C(=O)Nc1ccc(Cn2c(C)nc(OCc3ccc(F)cc3F)c(Br)c2=O)cc1. The maximum atomic E-state index is 13.8. The van der Waals surface area contributed by atoms with E-state index in [1.807, 2.05) is 0 Å². The van der Waals surface area contributed by atoms with Gasteiger partial charge in [-0.25, -0.2) is 8.78 Å². The molecule has 0 fully saturated rings. The third-order valence-corrected chi connectivity index (χ3v) is 5.61. The van der Waals surface area contributed by atoms with Crippen LogP contribution < -0.4 is 15.6 Å². The maximum absolute atomic E-state index is 13.8. The summed E-state index contributed by atoms with van der Waals surface area (Å²) in [5, 5.41) is 2.64. The van der Waals surface area contributed by atoms with Crippen LogP contribution >= 0.6 is 15.9 Å². The number of amides is 1. The molecular formula is C24H22BrF2N3O5. The highest BCUT2D eigenvalue weighted by Crippen LogP contribution is 2.21. The molecular weight excluding hydrogens is 528 g/mol. The molecule has 0 aliphatic heterocycles. The van der Waals surface area contributed by atoms with Crippen molar-refractivity contribution in [1.29, 1.82) is 0 Å². The highest BCUT2D eigenvalue weighted by Gasteiger charge is 2.17. The number of aryl methyl sites for hydroxylation is 1. The lowest BCUT2D eigenvalue weighted by molar-refractivity contribution is -0.150. The van der Waals surface area contributed by atoms with Crippen molar-refractivity contribution < 1.29 is 27.8 Å². The first kappa shape index (κ1) is 26.0. The summed E-state index contributed by atoms with van der Waals surface area (Å²) < 4.78 is 38.8. The Morgan fingerprint density at radius 2 is 1.86 bits per heavy atom. The van der Waals surface area contributed by atoms with Gasteiger partial charge in [-0.3, -0.25) is 19.0 Å². The maximum Gasteiger partial charge on any atom is 0.303 e. The van der Waals surface area contributed by atoms with E-state index in [2.05, 4.69) is 26.2 Å². The van der Waals surface area contributed by atoms with Crippen LogP contribution in [-0.2, 0) is 27.5 Å².